The highest BCUT2D eigenvalue weighted by Gasteiger charge is 2.37. The van der Waals surface area contributed by atoms with Crippen LogP contribution >= 0.6 is 12.4 Å². The highest BCUT2D eigenvalue weighted by Crippen LogP contribution is 2.33. The second-order valence-electron chi connectivity index (χ2n) is 5.20. The lowest BCUT2D eigenvalue weighted by molar-refractivity contribution is -0.139. The first-order valence-corrected chi connectivity index (χ1v) is 8.57. The van der Waals surface area contributed by atoms with Gasteiger partial charge in [0.2, 0.25) is 15.9 Å². The molecule has 0 aromatic heterocycles. The molecule has 11 heteroatoms. The van der Waals surface area contributed by atoms with E-state index in [4.69, 9.17) is 0 Å². The second kappa shape index (κ2) is 9.37. The van der Waals surface area contributed by atoms with Crippen molar-refractivity contribution in [2.45, 2.75) is 24.0 Å². The van der Waals surface area contributed by atoms with Crippen LogP contribution in [-0.4, -0.2) is 52.5 Å². The molecule has 0 aliphatic rings. The molecule has 0 bridgehead atoms. The Morgan fingerprint density at radius 1 is 1.28 bits per heavy atom. The van der Waals surface area contributed by atoms with Gasteiger partial charge in [-0.3, -0.25) is 4.79 Å². The van der Waals surface area contributed by atoms with Crippen LogP contribution in [0.15, 0.2) is 29.2 Å². The summed E-state index contributed by atoms with van der Waals surface area (Å²) in [6.45, 7) is 2.12. The number of rotatable bonds is 7. The lowest BCUT2D eigenvalue weighted by Crippen LogP contribution is -2.47. The summed E-state index contributed by atoms with van der Waals surface area (Å²) in [7, 11) is -1.33. The number of hydrogen-bond acceptors (Lipinski definition) is 4. The van der Waals surface area contributed by atoms with E-state index in [-0.39, 0.29) is 12.4 Å². The van der Waals surface area contributed by atoms with Crippen molar-refractivity contribution in [2.24, 2.45) is 0 Å². The van der Waals surface area contributed by atoms with Gasteiger partial charge in [-0.15, -0.1) is 12.4 Å². The molecule has 1 amide bonds. The van der Waals surface area contributed by atoms with Gasteiger partial charge in [-0.25, -0.2) is 8.42 Å². The quantitative estimate of drug-likeness (QED) is 0.722. The third-order valence-electron chi connectivity index (χ3n) is 3.26. The molecule has 0 aliphatic heterocycles. The Balaban J connectivity index is 0.00000576. The van der Waals surface area contributed by atoms with Crippen molar-refractivity contribution < 1.29 is 26.4 Å². The lowest BCUT2D eigenvalue weighted by atomic mass is 10.2. The van der Waals surface area contributed by atoms with E-state index in [1.54, 1.807) is 7.05 Å². The summed E-state index contributed by atoms with van der Waals surface area (Å²) in [5, 5.41) is 2.83. The van der Waals surface area contributed by atoms with Crippen molar-refractivity contribution in [3.8, 4) is 0 Å². The van der Waals surface area contributed by atoms with Crippen molar-refractivity contribution in [3.63, 3.8) is 0 Å². The van der Waals surface area contributed by atoms with Gasteiger partial charge in [0.05, 0.1) is 16.5 Å². The van der Waals surface area contributed by atoms with E-state index in [1.165, 1.54) is 24.9 Å². The lowest BCUT2D eigenvalue weighted by Gasteiger charge is -2.22. The number of sulfonamides is 1. The summed E-state index contributed by atoms with van der Waals surface area (Å²) in [6, 6.07) is 2.63. The first-order chi connectivity index (χ1) is 11.0. The van der Waals surface area contributed by atoms with Crippen molar-refractivity contribution in [1.82, 2.24) is 14.9 Å². The molecule has 0 spiro atoms. The van der Waals surface area contributed by atoms with Gasteiger partial charge in [0, 0.05) is 20.1 Å². The summed E-state index contributed by atoms with van der Waals surface area (Å²) >= 11 is 0. The minimum absolute atomic E-state index is 0. The molecule has 0 saturated heterocycles. The molecule has 0 radical (unpaired) electrons. The van der Waals surface area contributed by atoms with Crippen molar-refractivity contribution >= 4 is 28.3 Å². The fraction of sp³-hybridized carbons (Fsp3) is 0.500. The van der Waals surface area contributed by atoms with Crippen molar-refractivity contribution in [2.75, 3.05) is 27.2 Å². The molecule has 0 heterocycles. The van der Waals surface area contributed by atoms with Crippen LogP contribution in [0.3, 0.4) is 0 Å². The van der Waals surface area contributed by atoms with Crippen LogP contribution in [0.4, 0.5) is 13.2 Å². The monoisotopic (exact) mass is 403 g/mol. The van der Waals surface area contributed by atoms with E-state index in [0.717, 1.165) is 12.1 Å². The van der Waals surface area contributed by atoms with E-state index >= 15 is 0 Å². The number of hydrogen-bond donors (Lipinski definition) is 2. The minimum atomic E-state index is -4.82. The highest BCUT2D eigenvalue weighted by atomic mass is 35.5. The molecule has 25 heavy (non-hydrogen) atoms. The highest BCUT2D eigenvalue weighted by molar-refractivity contribution is 7.89. The predicted octanol–water partition coefficient (Wildman–Crippen LogP) is 1.47. The Morgan fingerprint density at radius 3 is 2.36 bits per heavy atom. The average molecular weight is 404 g/mol. The number of likely N-dealkylation sites (N-methyl/N-ethyl adjacent to an activating group) is 2. The maximum absolute atomic E-state index is 13.0. The molecule has 1 atom stereocenters. The first-order valence-electron chi connectivity index (χ1n) is 7.09. The number of carbonyl (C=O) groups is 1. The molecule has 1 rings (SSSR count). The molecular weight excluding hydrogens is 383 g/mol. The van der Waals surface area contributed by atoms with Crippen LogP contribution in [0, 0.1) is 0 Å². The van der Waals surface area contributed by atoms with Crippen LogP contribution in [0.1, 0.15) is 12.5 Å². The fourth-order valence-corrected chi connectivity index (χ4v) is 3.43. The van der Waals surface area contributed by atoms with Crippen LogP contribution < -0.4 is 10.0 Å². The summed E-state index contributed by atoms with van der Waals surface area (Å²) in [6.07, 6.45) is -4.82. The smallest absolute Gasteiger partial charge is 0.343 e. The number of halogens is 4. The number of alkyl halides is 3. The molecule has 2 N–H and O–H groups in total. The molecular formula is C14H21ClF3N3O3S. The predicted molar refractivity (Wildman–Crippen MR) is 90.0 cm³/mol. The Bertz CT molecular complexity index is 683. The van der Waals surface area contributed by atoms with E-state index < -0.39 is 38.6 Å². The molecule has 0 saturated carbocycles. The van der Waals surface area contributed by atoms with Crippen LogP contribution in [-0.2, 0) is 21.0 Å². The van der Waals surface area contributed by atoms with Gasteiger partial charge in [0.1, 0.15) is 0 Å². The van der Waals surface area contributed by atoms with Crippen molar-refractivity contribution in [1.29, 1.82) is 0 Å². The average Bonchev–Trinajstić information content (AvgIpc) is 2.50. The van der Waals surface area contributed by atoms with Gasteiger partial charge >= 0.3 is 6.18 Å². The molecule has 144 valence electrons. The zero-order chi connectivity index (χ0) is 18.5. The van der Waals surface area contributed by atoms with Crippen molar-refractivity contribution in [3.05, 3.63) is 29.8 Å². The van der Waals surface area contributed by atoms with Gasteiger partial charge in [0.25, 0.3) is 0 Å². The van der Waals surface area contributed by atoms with E-state index in [0.29, 0.717) is 19.2 Å². The number of nitrogens with one attached hydrogen (secondary N) is 2. The first kappa shape index (κ1) is 23.6. The third-order valence-corrected chi connectivity index (χ3v) is 4.86. The van der Waals surface area contributed by atoms with Gasteiger partial charge in [0.15, 0.2) is 0 Å². The van der Waals surface area contributed by atoms with Gasteiger partial charge < -0.3 is 10.2 Å². The standard InChI is InChI=1S/C14H20F3N3O3S.ClH/c1-10(13(21)20(3)9-8-18-2)19-24(22,23)12-7-5-4-6-11(12)14(15,16)17;/h4-7,10,18-19H,8-9H2,1-3H3;1H. The number of amides is 1. The summed E-state index contributed by atoms with van der Waals surface area (Å²) in [5.41, 5.74) is -1.28. The van der Waals surface area contributed by atoms with Crippen LogP contribution in [0.5, 0.6) is 0 Å². The maximum atomic E-state index is 13.0. The van der Waals surface area contributed by atoms with E-state index in [9.17, 15) is 26.4 Å². The zero-order valence-corrected chi connectivity index (χ0v) is 15.6. The Morgan fingerprint density at radius 2 is 1.84 bits per heavy atom. The third kappa shape index (κ3) is 6.46. The zero-order valence-electron chi connectivity index (χ0n) is 13.9. The summed E-state index contributed by atoms with van der Waals surface area (Å²) in [5.74, 6) is -0.543. The Kier molecular flexibility index (Phi) is 8.86. The molecule has 1 aromatic rings. The molecule has 1 aromatic carbocycles. The number of carbonyl (C=O) groups excluding carboxylic acids is 1. The molecule has 0 aliphatic carbocycles. The topological polar surface area (TPSA) is 78.5 Å². The molecule has 0 fully saturated rings. The normalized spacial score (nSPS) is 13.0. The molecule has 6 nitrogen and oxygen atoms in total. The fourth-order valence-electron chi connectivity index (χ4n) is 2.00. The van der Waals surface area contributed by atoms with E-state index in [2.05, 4.69) is 5.32 Å². The second-order valence-corrected chi connectivity index (χ2v) is 6.88. The maximum Gasteiger partial charge on any atom is 0.417 e. The van der Waals surface area contributed by atoms with E-state index in [1.807, 2.05) is 4.72 Å². The van der Waals surface area contributed by atoms with Gasteiger partial charge in [-0.1, -0.05) is 12.1 Å². The van der Waals surface area contributed by atoms with Crippen LogP contribution in [0.2, 0.25) is 0 Å². The molecule has 1 unspecified atom stereocenters. The Hall–Kier alpha value is -1.36. The summed E-state index contributed by atoms with van der Waals surface area (Å²) in [4.78, 5) is 12.5. The van der Waals surface area contributed by atoms with Gasteiger partial charge in [-0.2, -0.15) is 17.9 Å². The SMILES string of the molecule is CNCCN(C)C(=O)C(C)NS(=O)(=O)c1ccccc1C(F)(F)F.Cl. The van der Waals surface area contributed by atoms with Gasteiger partial charge in [-0.05, 0) is 26.1 Å². The number of nitrogens with zero attached hydrogens (tertiary/aromatic N) is 1. The summed E-state index contributed by atoms with van der Waals surface area (Å²) < 4.78 is 65.4. The Labute approximate surface area is 151 Å². The number of benzene rings is 1. The minimum Gasteiger partial charge on any atom is -0.343 e. The van der Waals surface area contributed by atoms with Crippen LogP contribution in [0.25, 0.3) is 0 Å². The largest absolute Gasteiger partial charge is 0.417 e.